The summed E-state index contributed by atoms with van der Waals surface area (Å²) in [5.74, 6) is -1.38. The highest BCUT2D eigenvalue weighted by atomic mass is 16.7. The van der Waals surface area contributed by atoms with Crippen LogP contribution in [-0.2, 0) is 23.8 Å². The van der Waals surface area contributed by atoms with Gasteiger partial charge in [0.1, 0.15) is 0 Å². The summed E-state index contributed by atoms with van der Waals surface area (Å²) in [6, 6.07) is 0. The maximum atomic E-state index is 10.6. The minimum atomic E-state index is -0.572. The van der Waals surface area contributed by atoms with Crippen molar-refractivity contribution in [3.63, 3.8) is 0 Å². The van der Waals surface area contributed by atoms with Gasteiger partial charge in [-0.2, -0.15) is 0 Å². The van der Waals surface area contributed by atoms with E-state index in [1.54, 1.807) is 0 Å². The predicted octanol–water partition coefficient (Wildman–Crippen LogP) is 1.34. The van der Waals surface area contributed by atoms with E-state index in [1.807, 2.05) is 6.92 Å². The minimum Gasteiger partial charge on any atom is -0.494 e. The highest BCUT2D eigenvalue weighted by Crippen LogP contribution is 2.01. The molecule has 0 atom stereocenters. The van der Waals surface area contributed by atoms with Crippen molar-refractivity contribution >= 4 is 11.9 Å². The van der Waals surface area contributed by atoms with Crippen LogP contribution in [0.4, 0.5) is 0 Å². The smallest absolute Gasteiger partial charge is 0.331 e. The lowest BCUT2D eigenvalue weighted by Gasteiger charge is -2.05. The van der Waals surface area contributed by atoms with E-state index in [2.05, 4.69) is 9.47 Å². The van der Waals surface area contributed by atoms with Gasteiger partial charge in [-0.15, -0.1) is 0 Å². The molecule has 0 rings (SSSR count). The monoisotopic (exact) mass is 202 g/mol. The lowest BCUT2D eigenvalue weighted by Crippen LogP contribution is -2.07. The van der Waals surface area contributed by atoms with Crippen LogP contribution in [0.1, 0.15) is 27.2 Å². The summed E-state index contributed by atoms with van der Waals surface area (Å²) >= 11 is 0. The summed E-state index contributed by atoms with van der Waals surface area (Å²) in [6.07, 6.45) is 1.91. The Bertz CT molecular complexity index is 213. The number of carbonyl (C=O) groups is 2. The highest BCUT2D eigenvalue weighted by molar-refractivity contribution is 5.69. The maximum Gasteiger partial charge on any atom is 0.331 e. The van der Waals surface area contributed by atoms with E-state index < -0.39 is 11.9 Å². The van der Waals surface area contributed by atoms with Crippen LogP contribution in [-0.4, -0.2) is 18.5 Å². The SMILES string of the molecule is CCCOC=C(OC(C)=O)OC(C)=O. The maximum absolute atomic E-state index is 10.6. The van der Waals surface area contributed by atoms with E-state index >= 15 is 0 Å². The molecule has 0 heterocycles. The quantitative estimate of drug-likeness (QED) is 0.382. The summed E-state index contributed by atoms with van der Waals surface area (Å²) in [5.41, 5.74) is 0. The van der Waals surface area contributed by atoms with Crippen LogP contribution < -0.4 is 0 Å². The zero-order valence-corrected chi connectivity index (χ0v) is 8.53. The Morgan fingerprint density at radius 2 is 1.64 bits per heavy atom. The standard InChI is InChI=1S/C9H14O5/c1-4-5-12-6-9(13-7(2)10)14-8(3)11/h6H,4-5H2,1-3H3. The van der Waals surface area contributed by atoms with Crippen molar-refractivity contribution in [2.45, 2.75) is 27.2 Å². The van der Waals surface area contributed by atoms with E-state index in [9.17, 15) is 9.59 Å². The van der Waals surface area contributed by atoms with Gasteiger partial charge in [-0.25, -0.2) is 0 Å². The average Bonchev–Trinajstić information content (AvgIpc) is 2.02. The lowest BCUT2D eigenvalue weighted by atomic mass is 10.5. The molecule has 14 heavy (non-hydrogen) atoms. The molecule has 0 unspecified atom stereocenters. The van der Waals surface area contributed by atoms with Crippen molar-refractivity contribution in [2.75, 3.05) is 6.61 Å². The number of rotatable bonds is 5. The van der Waals surface area contributed by atoms with Crippen molar-refractivity contribution in [3.05, 3.63) is 12.2 Å². The number of ether oxygens (including phenoxy) is 3. The van der Waals surface area contributed by atoms with E-state index in [0.29, 0.717) is 6.61 Å². The van der Waals surface area contributed by atoms with Crippen molar-refractivity contribution in [2.24, 2.45) is 0 Å². The van der Waals surface area contributed by atoms with Gasteiger partial charge < -0.3 is 14.2 Å². The minimum absolute atomic E-state index is 0.238. The highest BCUT2D eigenvalue weighted by Gasteiger charge is 2.06. The molecule has 0 aromatic rings. The first kappa shape index (κ1) is 12.5. The molecule has 0 aromatic heterocycles. The topological polar surface area (TPSA) is 61.8 Å². The summed E-state index contributed by atoms with van der Waals surface area (Å²) in [7, 11) is 0. The van der Waals surface area contributed by atoms with Crippen LogP contribution in [0.15, 0.2) is 12.2 Å². The Balaban J connectivity index is 4.15. The van der Waals surface area contributed by atoms with Gasteiger partial charge in [0.2, 0.25) is 0 Å². The van der Waals surface area contributed by atoms with Gasteiger partial charge >= 0.3 is 17.9 Å². The van der Waals surface area contributed by atoms with Gasteiger partial charge in [0.15, 0.2) is 6.26 Å². The fourth-order valence-corrected chi connectivity index (χ4v) is 0.597. The Morgan fingerprint density at radius 3 is 2.00 bits per heavy atom. The van der Waals surface area contributed by atoms with E-state index in [4.69, 9.17) is 4.74 Å². The molecule has 0 aliphatic heterocycles. The van der Waals surface area contributed by atoms with Crippen LogP contribution in [0.25, 0.3) is 0 Å². The number of carbonyl (C=O) groups excluding carboxylic acids is 2. The first-order chi connectivity index (χ1) is 6.56. The normalized spacial score (nSPS) is 8.79. The van der Waals surface area contributed by atoms with Crippen LogP contribution in [0.5, 0.6) is 0 Å². The molecule has 0 aliphatic carbocycles. The van der Waals surface area contributed by atoms with Gasteiger partial charge in [-0.05, 0) is 6.42 Å². The van der Waals surface area contributed by atoms with Gasteiger partial charge in [0.05, 0.1) is 6.61 Å². The first-order valence-electron chi connectivity index (χ1n) is 4.24. The third kappa shape index (κ3) is 7.15. The molecule has 0 bridgehead atoms. The molecule has 0 radical (unpaired) electrons. The predicted molar refractivity (Wildman–Crippen MR) is 47.9 cm³/mol. The molecule has 0 N–H and O–H groups in total. The first-order valence-corrected chi connectivity index (χ1v) is 4.24. The van der Waals surface area contributed by atoms with Gasteiger partial charge in [-0.3, -0.25) is 9.59 Å². The van der Waals surface area contributed by atoms with Crippen LogP contribution in [0.3, 0.4) is 0 Å². The Kier molecular flexibility index (Phi) is 6.19. The molecule has 0 saturated carbocycles. The third-order valence-corrected chi connectivity index (χ3v) is 0.990. The molecule has 5 heteroatoms. The largest absolute Gasteiger partial charge is 0.494 e. The third-order valence-electron chi connectivity index (χ3n) is 0.990. The second-order valence-electron chi connectivity index (χ2n) is 2.49. The molecule has 0 aliphatic rings. The van der Waals surface area contributed by atoms with Crippen molar-refractivity contribution in [1.29, 1.82) is 0 Å². The Labute approximate surface area is 82.6 Å². The summed E-state index contributed by atoms with van der Waals surface area (Å²) in [4.78, 5) is 21.1. The van der Waals surface area contributed by atoms with Crippen LogP contribution >= 0.6 is 0 Å². The second-order valence-corrected chi connectivity index (χ2v) is 2.49. The Morgan fingerprint density at radius 1 is 1.14 bits per heavy atom. The van der Waals surface area contributed by atoms with Crippen molar-refractivity contribution in [3.8, 4) is 0 Å². The molecule has 0 saturated heterocycles. The molecule has 0 spiro atoms. The van der Waals surface area contributed by atoms with Gasteiger partial charge in [-0.1, -0.05) is 6.92 Å². The Hall–Kier alpha value is -1.52. The molecule has 0 aromatic carbocycles. The fraction of sp³-hybridized carbons (Fsp3) is 0.556. The zero-order valence-electron chi connectivity index (χ0n) is 8.53. The number of hydrogen-bond donors (Lipinski definition) is 0. The van der Waals surface area contributed by atoms with Crippen LogP contribution in [0.2, 0.25) is 0 Å². The molecule has 0 fully saturated rings. The average molecular weight is 202 g/mol. The fourth-order valence-electron chi connectivity index (χ4n) is 0.597. The zero-order chi connectivity index (χ0) is 11.0. The summed E-state index contributed by atoms with van der Waals surface area (Å²) in [5, 5.41) is 0. The van der Waals surface area contributed by atoms with E-state index in [1.165, 1.54) is 13.8 Å². The molecular weight excluding hydrogens is 188 g/mol. The van der Waals surface area contributed by atoms with E-state index in [-0.39, 0.29) is 5.95 Å². The van der Waals surface area contributed by atoms with E-state index in [0.717, 1.165) is 12.7 Å². The summed E-state index contributed by atoms with van der Waals surface area (Å²) in [6.45, 7) is 4.80. The van der Waals surface area contributed by atoms with Crippen molar-refractivity contribution < 1.29 is 23.8 Å². The van der Waals surface area contributed by atoms with Gasteiger partial charge in [0, 0.05) is 13.8 Å². The molecule has 80 valence electrons. The second kappa shape index (κ2) is 6.94. The summed E-state index contributed by atoms with van der Waals surface area (Å²) < 4.78 is 14.1. The molecule has 5 nitrogen and oxygen atoms in total. The number of hydrogen-bond acceptors (Lipinski definition) is 5. The van der Waals surface area contributed by atoms with Crippen LogP contribution in [0, 0.1) is 0 Å². The molecule has 0 amide bonds. The molecular formula is C9H14O5. The number of esters is 2. The lowest BCUT2D eigenvalue weighted by molar-refractivity contribution is -0.151. The van der Waals surface area contributed by atoms with Crippen molar-refractivity contribution in [1.82, 2.24) is 0 Å². The van der Waals surface area contributed by atoms with Gasteiger partial charge in [0.25, 0.3) is 0 Å².